The summed E-state index contributed by atoms with van der Waals surface area (Å²) in [5, 5.41) is 6.36. The summed E-state index contributed by atoms with van der Waals surface area (Å²) in [5.74, 6) is -1.79. The van der Waals surface area contributed by atoms with Crippen molar-refractivity contribution in [3.63, 3.8) is 0 Å². The molecular weight excluding hydrogens is 302 g/mol. The summed E-state index contributed by atoms with van der Waals surface area (Å²) >= 11 is 5.22. The molecule has 0 spiro atoms. The third-order valence-electron chi connectivity index (χ3n) is 3.42. The fourth-order valence-corrected chi connectivity index (χ4v) is 2.62. The highest BCUT2D eigenvalue weighted by molar-refractivity contribution is 7.80. The average molecular weight is 320 g/mol. The van der Waals surface area contributed by atoms with Crippen LogP contribution in [0.1, 0.15) is 29.7 Å². The van der Waals surface area contributed by atoms with Crippen LogP contribution in [-0.4, -0.2) is 5.11 Å². The van der Waals surface area contributed by atoms with E-state index in [0.29, 0.717) is 10.8 Å². The second-order valence-corrected chi connectivity index (χ2v) is 5.72. The first kappa shape index (κ1) is 16.4. The number of halogens is 2. The third-order valence-corrected chi connectivity index (χ3v) is 3.64. The maximum atomic E-state index is 13.2. The molecule has 2 N–H and O–H groups in total. The summed E-state index contributed by atoms with van der Waals surface area (Å²) in [4.78, 5) is 0. The fraction of sp³-hybridized carbons (Fsp3) is 0.235. The van der Waals surface area contributed by atoms with Gasteiger partial charge in [-0.15, -0.1) is 0 Å². The highest BCUT2D eigenvalue weighted by Gasteiger charge is 2.10. The van der Waals surface area contributed by atoms with E-state index in [1.807, 2.05) is 26.8 Å². The van der Waals surface area contributed by atoms with E-state index in [1.165, 1.54) is 17.2 Å². The largest absolute Gasteiger partial charge is 0.356 e. The summed E-state index contributed by atoms with van der Waals surface area (Å²) in [6.45, 7) is 6.09. The van der Waals surface area contributed by atoms with E-state index < -0.39 is 11.6 Å². The van der Waals surface area contributed by atoms with Gasteiger partial charge in [0.15, 0.2) is 16.7 Å². The second kappa shape index (κ2) is 6.83. The number of hydrogen-bond acceptors (Lipinski definition) is 1. The van der Waals surface area contributed by atoms with E-state index in [1.54, 1.807) is 0 Å². The Balaban J connectivity index is 2.03. The molecule has 0 aliphatic carbocycles. The van der Waals surface area contributed by atoms with Gasteiger partial charge in [0.1, 0.15) is 0 Å². The van der Waals surface area contributed by atoms with Crippen LogP contribution in [0.15, 0.2) is 36.4 Å². The number of hydrogen-bond donors (Lipinski definition) is 2. The number of thiocarbonyl (C=S) groups is 1. The van der Waals surface area contributed by atoms with E-state index in [-0.39, 0.29) is 6.04 Å². The summed E-state index contributed by atoms with van der Waals surface area (Å²) in [7, 11) is 0. The zero-order chi connectivity index (χ0) is 16.3. The summed E-state index contributed by atoms with van der Waals surface area (Å²) < 4.78 is 26.1. The van der Waals surface area contributed by atoms with E-state index in [2.05, 4.69) is 22.8 Å². The normalized spacial score (nSPS) is 11.9. The van der Waals surface area contributed by atoms with Crippen LogP contribution in [-0.2, 0) is 0 Å². The molecule has 2 aromatic rings. The first-order valence-electron chi connectivity index (χ1n) is 6.96. The van der Waals surface area contributed by atoms with Gasteiger partial charge in [-0.1, -0.05) is 23.8 Å². The predicted octanol–water partition coefficient (Wildman–Crippen LogP) is 4.63. The van der Waals surface area contributed by atoms with Crippen LogP contribution in [0.2, 0.25) is 0 Å². The summed E-state index contributed by atoms with van der Waals surface area (Å²) in [5.41, 5.74) is 3.93. The number of aryl methyl sites for hydroxylation is 2. The molecule has 0 fully saturated rings. The van der Waals surface area contributed by atoms with Crippen LogP contribution in [0.25, 0.3) is 0 Å². The minimum Gasteiger partial charge on any atom is -0.356 e. The van der Waals surface area contributed by atoms with Gasteiger partial charge < -0.3 is 10.6 Å². The molecule has 0 bridgehead atoms. The molecule has 1 atom stereocenters. The van der Waals surface area contributed by atoms with E-state index in [0.717, 1.165) is 17.7 Å². The zero-order valence-electron chi connectivity index (χ0n) is 12.7. The maximum absolute atomic E-state index is 13.2. The lowest BCUT2D eigenvalue weighted by Gasteiger charge is -2.19. The topological polar surface area (TPSA) is 24.1 Å². The quantitative estimate of drug-likeness (QED) is 0.806. The fourth-order valence-electron chi connectivity index (χ4n) is 2.33. The number of benzene rings is 2. The van der Waals surface area contributed by atoms with Crippen LogP contribution >= 0.6 is 12.2 Å². The zero-order valence-corrected chi connectivity index (χ0v) is 13.5. The van der Waals surface area contributed by atoms with E-state index >= 15 is 0 Å². The lowest BCUT2D eigenvalue weighted by molar-refractivity contribution is 0.509. The van der Waals surface area contributed by atoms with Gasteiger partial charge in [0, 0.05) is 11.8 Å². The van der Waals surface area contributed by atoms with Crippen LogP contribution in [0.5, 0.6) is 0 Å². The summed E-state index contributed by atoms with van der Waals surface area (Å²) in [6, 6.07) is 9.80. The van der Waals surface area contributed by atoms with Crippen molar-refractivity contribution >= 4 is 23.0 Å². The molecule has 0 saturated carbocycles. The average Bonchev–Trinajstić information content (AvgIpc) is 2.42. The van der Waals surface area contributed by atoms with Crippen LogP contribution in [0.3, 0.4) is 0 Å². The van der Waals surface area contributed by atoms with Gasteiger partial charge in [-0.05, 0) is 56.2 Å². The van der Waals surface area contributed by atoms with Gasteiger partial charge >= 0.3 is 0 Å². The lowest BCUT2D eigenvalue weighted by Crippen LogP contribution is -2.31. The molecular formula is C17H18F2N2S. The van der Waals surface area contributed by atoms with E-state index in [9.17, 15) is 8.78 Å². The molecule has 0 aliphatic heterocycles. The highest BCUT2D eigenvalue weighted by atomic mass is 32.1. The molecule has 0 aromatic heterocycles. The predicted molar refractivity (Wildman–Crippen MR) is 90.0 cm³/mol. The molecule has 0 radical (unpaired) electrons. The molecule has 2 aromatic carbocycles. The Morgan fingerprint density at radius 1 is 1.05 bits per heavy atom. The smallest absolute Gasteiger partial charge is 0.171 e. The second-order valence-electron chi connectivity index (χ2n) is 5.31. The molecule has 22 heavy (non-hydrogen) atoms. The number of nitrogens with one attached hydrogen (secondary N) is 2. The highest BCUT2D eigenvalue weighted by Crippen LogP contribution is 2.19. The molecule has 0 saturated heterocycles. The van der Waals surface area contributed by atoms with Crippen molar-refractivity contribution in [3.05, 3.63) is 64.7 Å². The van der Waals surface area contributed by atoms with Crippen molar-refractivity contribution < 1.29 is 8.78 Å². The molecule has 0 aliphatic rings. The Kier molecular flexibility index (Phi) is 5.08. The van der Waals surface area contributed by atoms with Crippen LogP contribution < -0.4 is 10.6 Å². The van der Waals surface area contributed by atoms with Gasteiger partial charge in [-0.3, -0.25) is 0 Å². The van der Waals surface area contributed by atoms with Crippen molar-refractivity contribution in [2.45, 2.75) is 26.8 Å². The van der Waals surface area contributed by atoms with Gasteiger partial charge in [-0.25, -0.2) is 8.78 Å². The Morgan fingerprint density at radius 3 is 2.41 bits per heavy atom. The Bertz CT molecular complexity index is 701. The monoisotopic (exact) mass is 320 g/mol. The molecule has 0 amide bonds. The maximum Gasteiger partial charge on any atom is 0.171 e. The first-order chi connectivity index (χ1) is 10.4. The molecule has 0 heterocycles. The van der Waals surface area contributed by atoms with Crippen LogP contribution in [0, 0.1) is 25.5 Å². The molecule has 2 nitrogen and oxygen atoms in total. The Morgan fingerprint density at radius 2 is 1.77 bits per heavy atom. The Labute approximate surface area is 134 Å². The van der Waals surface area contributed by atoms with Gasteiger partial charge in [0.05, 0.1) is 6.04 Å². The SMILES string of the molecule is Cc1ccc(C(C)NC(=S)Nc2ccc(F)c(F)c2)c(C)c1. The molecule has 2 rings (SSSR count). The minimum atomic E-state index is -0.907. The number of anilines is 1. The lowest BCUT2D eigenvalue weighted by atomic mass is 10.0. The molecule has 116 valence electrons. The number of rotatable bonds is 3. The van der Waals surface area contributed by atoms with Gasteiger partial charge in [-0.2, -0.15) is 0 Å². The molecule has 1 unspecified atom stereocenters. The van der Waals surface area contributed by atoms with Crippen molar-refractivity contribution in [2.75, 3.05) is 5.32 Å². The summed E-state index contributed by atoms with van der Waals surface area (Å²) in [6.07, 6.45) is 0. The third kappa shape index (κ3) is 4.01. The van der Waals surface area contributed by atoms with Gasteiger partial charge in [0.25, 0.3) is 0 Å². The Hall–Kier alpha value is -2.01. The van der Waals surface area contributed by atoms with Crippen molar-refractivity contribution in [2.24, 2.45) is 0 Å². The van der Waals surface area contributed by atoms with Gasteiger partial charge in [0.2, 0.25) is 0 Å². The first-order valence-corrected chi connectivity index (χ1v) is 7.37. The van der Waals surface area contributed by atoms with Crippen LogP contribution in [0.4, 0.5) is 14.5 Å². The minimum absolute atomic E-state index is 0.00546. The van der Waals surface area contributed by atoms with E-state index in [4.69, 9.17) is 12.2 Å². The van der Waals surface area contributed by atoms with Crippen molar-refractivity contribution in [1.82, 2.24) is 5.32 Å². The van der Waals surface area contributed by atoms with Crippen molar-refractivity contribution in [3.8, 4) is 0 Å². The standard InChI is InChI=1S/C17H18F2N2S/c1-10-4-6-14(11(2)8-10)12(3)20-17(22)21-13-5-7-15(18)16(19)9-13/h4-9,12H,1-3H3,(H2,20,21,22). The molecule has 5 heteroatoms. The van der Waals surface area contributed by atoms with Crippen molar-refractivity contribution in [1.29, 1.82) is 0 Å².